The summed E-state index contributed by atoms with van der Waals surface area (Å²) in [4.78, 5) is 24.4. The minimum absolute atomic E-state index is 0. The van der Waals surface area contributed by atoms with Gasteiger partial charge in [0.25, 0.3) is 11.8 Å². The number of carbonyl (C=O) groups is 2. The molecule has 0 heterocycles. The number of rotatable bonds is 7. The van der Waals surface area contributed by atoms with Crippen LogP contribution in [0.3, 0.4) is 0 Å². The average Bonchev–Trinajstić information content (AvgIpc) is 2.64. The lowest BCUT2D eigenvalue weighted by Gasteiger charge is -2.19. The first-order valence-electron chi connectivity index (χ1n) is 8.92. The number of para-hydroxylation sites is 1. The molecule has 2 aromatic carbocycles. The first-order valence-corrected chi connectivity index (χ1v) is 8.92. The Morgan fingerprint density at radius 3 is 2.29 bits per heavy atom. The molecule has 6 nitrogen and oxygen atoms in total. The van der Waals surface area contributed by atoms with Crippen LogP contribution in [-0.2, 0) is 10.2 Å². The van der Waals surface area contributed by atoms with Crippen LogP contribution < -0.4 is 21.1 Å². The van der Waals surface area contributed by atoms with E-state index in [1.54, 1.807) is 24.3 Å². The third-order valence-electron chi connectivity index (χ3n) is 3.97. The minimum atomic E-state index is -0.339. The highest BCUT2D eigenvalue weighted by molar-refractivity contribution is 6.04. The highest BCUT2D eigenvalue weighted by Gasteiger charge is 2.14. The lowest BCUT2D eigenvalue weighted by Crippen LogP contribution is -2.30. The van der Waals surface area contributed by atoms with E-state index >= 15 is 0 Å². The number of anilines is 1. The summed E-state index contributed by atoms with van der Waals surface area (Å²) in [6.07, 6.45) is 0. The normalized spacial score (nSPS) is 10.6. The van der Waals surface area contributed by atoms with E-state index in [1.807, 2.05) is 24.3 Å². The van der Waals surface area contributed by atoms with Crippen molar-refractivity contribution in [2.45, 2.75) is 26.2 Å². The molecule has 0 spiro atoms. The zero-order chi connectivity index (χ0) is 19.9. The van der Waals surface area contributed by atoms with Gasteiger partial charge in [0.15, 0.2) is 6.61 Å². The van der Waals surface area contributed by atoms with Crippen molar-refractivity contribution in [1.82, 2.24) is 5.32 Å². The van der Waals surface area contributed by atoms with E-state index in [1.165, 1.54) is 5.56 Å². The molecule has 0 atom stereocenters. The van der Waals surface area contributed by atoms with Crippen LogP contribution in [0.25, 0.3) is 0 Å². The predicted molar refractivity (Wildman–Crippen MR) is 114 cm³/mol. The quantitative estimate of drug-likeness (QED) is 0.659. The molecular formula is C21H28ClN3O3. The van der Waals surface area contributed by atoms with Gasteiger partial charge in [-0.3, -0.25) is 9.59 Å². The molecule has 0 aromatic heterocycles. The fraction of sp³-hybridized carbons (Fsp3) is 0.333. The molecular weight excluding hydrogens is 378 g/mol. The summed E-state index contributed by atoms with van der Waals surface area (Å²) in [5.41, 5.74) is 7.47. The molecule has 2 aromatic rings. The third kappa shape index (κ3) is 6.87. The van der Waals surface area contributed by atoms with Crippen LogP contribution in [0, 0.1) is 0 Å². The molecule has 4 N–H and O–H groups in total. The van der Waals surface area contributed by atoms with Gasteiger partial charge in [0.05, 0.1) is 11.3 Å². The van der Waals surface area contributed by atoms with Crippen molar-refractivity contribution in [1.29, 1.82) is 0 Å². The molecule has 0 bridgehead atoms. The van der Waals surface area contributed by atoms with Gasteiger partial charge in [0.1, 0.15) is 5.75 Å². The average molecular weight is 406 g/mol. The summed E-state index contributed by atoms with van der Waals surface area (Å²) in [5, 5.41) is 5.41. The van der Waals surface area contributed by atoms with Crippen LogP contribution in [0.4, 0.5) is 5.69 Å². The van der Waals surface area contributed by atoms with Gasteiger partial charge < -0.3 is 21.1 Å². The van der Waals surface area contributed by atoms with Crippen molar-refractivity contribution < 1.29 is 14.3 Å². The molecule has 0 radical (unpaired) electrons. The molecule has 0 fully saturated rings. The van der Waals surface area contributed by atoms with E-state index in [4.69, 9.17) is 10.5 Å². The predicted octanol–water partition coefficient (Wildman–Crippen LogP) is 3.11. The summed E-state index contributed by atoms with van der Waals surface area (Å²) in [5.74, 6) is -0.00358. The van der Waals surface area contributed by atoms with Gasteiger partial charge >= 0.3 is 0 Å². The van der Waals surface area contributed by atoms with Gasteiger partial charge in [-0.1, -0.05) is 45.0 Å². The van der Waals surface area contributed by atoms with Gasteiger partial charge in [-0.2, -0.15) is 0 Å². The molecule has 28 heavy (non-hydrogen) atoms. The Labute approximate surface area is 172 Å². The number of carbonyl (C=O) groups excluding carboxylic acids is 2. The van der Waals surface area contributed by atoms with Crippen LogP contribution in [0.1, 0.15) is 36.7 Å². The van der Waals surface area contributed by atoms with Crippen LogP contribution >= 0.6 is 12.4 Å². The number of nitrogens with two attached hydrogens (primary N) is 1. The standard InChI is InChI=1S/C21H27N3O3.ClH/c1-21(2,3)15-8-10-16(11-9-15)27-14-19(25)24-18-7-5-4-6-17(18)20(26)23-13-12-22;/h4-11H,12-14,22H2,1-3H3,(H,23,26)(H,24,25);1H. The molecule has 7 heteroatoms. The van der Waals surface area contributed by atoms with Crippen molar-refractivity contribution >= 4 is 29.9 Å². The lowest BCUT2D eigenvalue weighted by atomic mass is 9.87. The number of amides is 2. The zero-order valence-electron chi connectivity index (χ0n) is 16.5. The maximum atomic E-state index is 12.2. The summed E-state index contributed by atoms with van der Waals surface area (Å²) < 4.78 is 5.54. The van der Waals surface area contributed by atoms with E-state index in [-0.39, 0.29) is 36.2 Å². The molecule has 0 aliphatic heterocycles. The number of hydrogen-bond acceptors (Lipinski definition) is 4. The van der Waals surface area contributed by atoms with Crippen LogP contribution in [-0.4, -0.2) is 31.5 Å². The third-order valence-corrected chi connectivity index (χ3v) is 3.97. The molecule has 0 aliphatic carbocycles. The largest absolute Gasteiger partial charge is 0.484 e. The lowest BCUT2D eigenvalue weighted by molar-refractivity contribution is -0.118. The molecule has 2 amide bonds. The maximum absolute atomic E-state index is 12.2. The summed E-state index contributed by atoms with van der Waals surface area (Å²) >= 11 is 0. The van der Waals surface area contributed by atoms with Crippen LogP contribution in [0.2, 0.25) is 0 Å². The van der Waals surface area contributed by atoms with E-state index in [9.17, 15) is 9.59 Å². The van der Waals surface area contributed by atoms with Crippen molar-refractivity contribution in [3.8, 4) is 5.75 Å². The van der Waals surface area contributed by atoms with E-state index in [2.05, 4.69) is 31.4 Å². The van der Waals surface area contributed by atoms with Gasteiger partial charge in [-0.05, 0) is 35.2 Å². The molecule has 2 rings (SSSR count). The Kier molecular flexibility index (Phi) is 8.96. The maximum Gasteiger partial charge on any atom is 0.262 e. The molecule has 152 valence electrons. The molecule has 0 unspecified atom stereocenters. The Balaban J connectivity index is 0.00000392. The second kappa shape index (κ2) is 10.7. The minimum Gasteiger partial charge on any atom is -0.484 e. The molecule has 0 saturated carbocycles. The highest BCUT2D eigenvalue weighted by Crippen LogP contribution is 2.24. The Bertz CT molecular complexity index is 786. The topological polar surface area (TPSA) is 93.4 Å². The first kappa shape index (κ1) is 23.5. The van der Waals surface area contributed by atoms with E-state index in [0.29, 0.717) is 30.1 Å². The van der Waals surface area contributed by atoms with Crippen molar-refractivity contribution in [3.05, 3.63) is 59.7 Å². The zero-order valence-corrected chi connectivity index (χ0v) is 17.3. The number of halogens is 1. The first-order chi connectivity index (χ1) is 12.8. The number of benzene rings is 2. The fourth-order valence-corrected chi connectivity index (χ4v) is 2.46. The molecule has 0 saturated heterocycles. The Hall–Kier alpha value is -2.57. The van der Waals surface area contributed by atoms with Crippen molar-refractivity contribution in [2.75, 3.05) is 25.0 Å². The molecule has 0 aliphatic rings. The van der Waals surface area contributed by atoms with Crippen molar-refractivity contribution in [2.24, 2.45) is 5.73 Å². The second-order valence-corrected chi connectivity index (χ2v) is 7.20. The summed E-state index contributed by atoms with van der Waals surface area (Å²) in [6, 6.07) is 14.5. The summed E-state index contributed by atoms with van der Waals surface area (Å²) in [7, 11) is 0. The Morgan fingerprint density at radius 1 is 1.04 bits per heavy atom. The SMILES string of the molecule is CC(C)(C)c1ccc(OCC(=O)Nc2ccccc2C(=O)NCCN)cc1.Cl. The van der Waals surface area contributed by atoms with Gasteiger partial charge in [0, 0.05) is 13.1 Å². The second-order valence-electron chi connectivity index (χ2n) is 7.20. The fourth-order valence-electron chi connectivity index (χ4n) is 2.46. The van der Waals surface area contributed by atoms with E-state index in [0.717, 1.165) is 0 Å². The van der Waals surface area contributed by atoms with E-state index < -0.39 is 0 Å². The smallest absolute Gasteiger partial charge is 0.262 e. The highest BCUT2D eigenvalue weighted by atomic mass is 35.5. The number of ether oxygens (including phenoxy) is 1. The van der Waals surface area contributed by atoms with Crippen LogP contribution in [0.15, 0.2) is 48.5 Å². The monoisotopic (exact) mass is 405 g/mol. The number of nitrogens with one attached hydrogen (secondary N) is 2. The van der Waals surface area contributed by atoms with Gasteiger partial charge in [0.2, 0.25) is 0 Å². The van der Waals surface area contributed by atoms with Crippen molar-refractivity contribution in [3.63, 3.8) is 0 Å². The number of hydrogen-bond donors (Lipinski definition) is 3. The van der Waals surface area contributed by atoms with Gasteiger partial charge in [-0.25, -0.2) is 0 Å². The summed E-state index contributed by atoms with van der Waals surface area (Å²) in [6.45, 7) is 6.98. The Morgan fingerprint density at radius 2 is 1.68 bits per heavy atom. The van der Waals surface area contributed by atoms with Gasteiger partial charge in [-0.15, -0.1) is 12.4 Å². The van der Waals surface area contributed by atoms with Crippen LogP contribution in [0.5, 0.6) is 5.75 Å².